The molecule has 3 nitrogen and oxygen atoms in total. The second-order valence-electron chi connectivity index (χ2n) is 6.06. The van der Waals surface area contributed by atoms with E-state index >= 15 is 0 Å². The molecule has 0 unspecified atom stereocenters. The fraction of sp³-hybridized carbons (Fsp3) is 0.923. The minimum atomic E-state index is -0.416. The number of hydrogen-bond acceptors (Lipinski definition) is 3. The number of rotatable bonds is 3. The Kier molecular flexibility index (Phi) is 5.32. The van der Waals surface area contributed by atoms with Crippen LogP contribution in [0.3, 0.4) is 0 Å². The molecule has 0 saturated heterocycles. The van der Waals surface area contributed by atoms with Crippen molar-refractivity contribution >= 4 is 17.7 Å². The first-order valence-corrected chi connectivity index (χ1v) is 7.72. The lowest BCUT2D eigenvalue weighted by atomic mass is 9.86. The summed E-state index contributed by atoms with van der Waals surface area (Å²) in [6.07, 6.45) is 6.76. The van der Waals surface area contributed by atoms with Gasteiger partial charge in [0.15, 0.2) is 0 Å². The number of amides is 1. The standard InChI is InChI=1S/C13H26N2OS/c1-13(2,3)11(14)12(16)15-9-5-7-10(17-4)8-6-9/h9-11H,5-8,14H2,1-4H3,(H,15,16)/t9?,10?,11-/m1/s1. The van der Waals surface area contributed by atoms with Gasteiger partial charge in [-0.2, -0.15) is 11.8 Å². The number of nitrogens with two attached hydrogens (primary N) is 1. The maximum absolute atomic E-state index is 12.0. The zero-order valence-electron chi connectivity index (χ0n) is 11.5. The Balaban J connectivity index is 2.38. The molecule has 1 amide bonds. The summed E-state index contributed by atoms with van der Waals surface area (Å²) in [4.78, 5) is 12.0. The molecule has 4 heteroatoms. The van der Waals surface area contributed by atoms with Crippen molar-refractivity contribution in [3.63, 3.8) is 0 Å². The Morgan fingerprint density at radius 2 is 1.82 bits per heavy atom. The average molecular weight is 258 g/mol. The van der Waals surface area contributed by atoms with Crippen molar-refractivity contribution in [3.05, 3.63) is 0 Å². The van der Waals surface area contributed by atoms with Gasteiger partial charge in [0.05, 0.1) is 6.04 Å². The van der Waals surface area contributed by atoms with Gasteiger partial charge in [0, 0.05) is 11.3 Å². The third-order valence-corrected chi connectivity index (χ3v) is 4.71. The van der Waals surface area contributed by atoms with Gasteiger partial charge in [-0.1, -0.05) is 20.8 Å². The molecule has 1 aliphatic rings. The monoisotopic (exact) mass is 258 g/mol. The predicted molar refractivity (Wildman–Crippen MR) is 75.1 cm³/mol. The molecule has 0 heterocycles. The molecule has 1 fully saturated rings. The van der Waals surface area contributed by atoms with Gasteiger partial charge in [0.1, 0.15) is 0 Å². The molecule has 0 aromatic carbocycles. The lowest BCUT2D eigenvalue weighted by molar-refractivity contribution is -0.125. The average Bonchev–Trinajstić information content (AvgIpc) is 2.27. The van der Waals surface area contributed by atoms with Crippen LogP contribution < -0.4 is 11.1 Å². The molecule has 17 heavy (non-hydrogen) atoms. The second-order valence-corrected chi connectivity index (χ2v) is 7.20. The van der Waals surface area contributed by atoms with E-state index in [1.54, 1.807) is 0 Å². The van der Waals surface area contributed by atoms with Crippen LogP contribution in [0, 0.1) is 5.41 Å². The van der Waals surface area contributed by atoms with E-state index in [1.807, 2.05) is 32.5 Å². The van der Waals surface area contributed by atoms with Gasteiger partial charge >= 0.3 is 0 Å². The van der Waals surface area contributed by atoms with Crippen LogP contribution in [0.4, 0.5) is 0 Å². The van der Waals surface area contributed by atoms with Crippen molar-refractivity contribution in [1.29, 1.82) is 0 Å². The quantitative estimate of drug-likeness (QED) is 0.815. The molecule has 1 rings (SSSR count). The zero-order valence-corrected chi connectivity index (χ0v) is 12.3. The molecule has 0 aliphatic heterocycles. The first-order chi connectivity index (χ1) is 7.84. The summed E-state index contributed by atoms with van der Waals surface area (Å²) >= 11 is 1.94. The summed E-state index contributed by atoms with van der Waals surface area (Å²) in [5, 5.41) is 3.87. The molecule has 1 aliphatic carbocycles. The molecule has 1 saturated carbocycles. The van der Waals surface area contributed by atoms with Gasteiger partial charge in [-0.3, -0.25) is 4.79 Å². The largest absolute Gasteiger partial charge is 0.352 e. The van der Waals surface area contributed by atoms with Gasteiger partial charge in [-0.15, -0.1) is 0 Å². The topological polar surface area (TPSA) is 55.1 Å². The lowest BCUT2D eigenvalue weighted by Gasteiger charge is -2.31. The predicted octanol–water partition coefficient (Wildman–Crippen LogP) is 2.15. The van der Waals surface area contributed by atoms with E-state index in [0.717, 1.165) is 18.1 Å². The van der Waals surface area contributed by atoms with Crippen molar-refractivity contribution in [2.24, 2.45) is 11.1 Å². The molecule has 100 valence electrons. The summed E-state index contributed by atoms with van der Waals surface area (Å²) in [5.41, 5.74) is 5.78. The van der Waals surface area contributed by atoms with Gasteiger partial charge in [-0.25, -0.2) is 0 Å². The summed E-state index contributed by atoms with van der Waals surface area (Å²) in [6.45, 7) is 6.01. The van der Waals surface area contributed by atoms with Crippen LogP contribution in [-0.4, -0.2) is 29.5 Å². The molecule has 0 aromatic heterocycles. The van der Waals surface area contributed by atoms with E-state index in [-0.39, 0.29) is 11.3 Å². The van der Waals surface area contributed by atoms with Crippen LogP contribution in [0.2, 0.25) is 0 Å². The second kappa shape index (κ2) is 6.10. The zero-order chi connectivity index (χ0) is 13.1. The molecular formula is C13H26N2OS. The van der Waals surface area contributed by atoms with Crippen LogP contribution in [0.15, 0.2) is 0 Å². The minimum absolute atomic E-state index is 0.00472. The molecule has 3 N–H and O–H groups in total. The Hall–Kier alpha value is -0.220. The number of nitrogens with one attached hydrogen (secondary N) is 1. The highest BCUT2D eigenvalue weighted by atomic mass is 32.2. The van der Waals surface area contributed by atoms with E-state index in [2.05, 4.69) is 11.6 Å². The van der Waals surface area contributed by atoms with E-state index < -0.39 is 6.04 Å². The Morgan fingerprint density at radius 1 is 1.29 bits per heavy atom. The van der Waals surface area contributed by atoms with Crippen LogP contribution in [0.25, 0.3) is 0 Å². The van der Waals surface area contributed by atoms with Crippen LogP contribution >= 0.6 is 11.8 Å². The molecular weight excluding hydrogens is 232 g/mol. The van der Waals surface area contributed by atoms with Gasteiger partial charge in [0.2, 0.25) is 5.91 Å². The summed E-state index contributed by atoms with van der Waals surface area (Å²) in [7, 11) is 0. The maximum Gasteiger partial charge on any atom is 0.237 e. The highest BCUT2D eigenvalue weighted by Crippen LogP contribution is 2.27. The fourth-order valence-electron chi connectivity index (χ4n) is 2.13. The molecule has 0 radical (unpaired) electrons. The third-order valence-electron chi connectivity index (χ3n) is 3.57. The van der Waals surface area contributed by atoms with E-state index in [1.165, 1.54) is 12.8 Å². The highest BCUT2D eigenvalue weighted by Gasteiger charge is 2.30. The van der Waals surface area contributed by atoms with Crippen LogP contribution in [0.5, 0.6) is 0 Å². The van der Waals surface area contributed by atoms with Crippen molar-refractivity contribution in [1.82, 2.24) is 5.32 Å². The Bertz CT molecular complexity index is 255. The smallest absolute Gasteiger partial charge is 0.237 e. The van der Waals surface area contributed by atoms with Crippen molar-refractivity contribution < 1.29 is 4.79 Å². The molecule has 0 spiro atoms. The molecule has 1 atom stereocenters. The Labute approximate surface area is 109 Å². The van der Waals surface area contributed by atoms with Crippen molar-refractivity contribution in [2.45, 2.75) is 63.8 Å². The Morgan fingerprint density at radius 3 is 2.24 bits per heavy atom. The number of thioether (sulfide) groups is 1. The summed E-state index contributed by atoms with van der Waals surface area (Å²) < 4.78 is 0. The lowest BCUT2D eigenvalue weighted by Crippen LogP contribution is -2.52. The molecule has 0 aromatic rings. The maximum atomic E-state index is 12.0. The van der Waals surface area contributed by atoms with Crippen molar-refractivity contribution in [3.8, 4) is 0 Å². The first kappa shape index (κ1) is 14.8. The third kappa shape index (κ3) is 4.51. The number of carbonyl (C=O) groups excluding carboxylic acids is 1. The van der Waals surface area contributed by atoms with E-state index in [0.29, 0.717) is 6.04 Å². The highest BCUT2D eigenvalue weighted by molar-refractivity contribution is 7.99. The van der Waals surface area contributed by atoms with Gasteiger partial charge in [0.25, 0.3) is 0 Å². The van der Waals surface area contributed by atoms with Crippen molar-refractivity contribution in [2.75, 3.05) is 6.26 Å². The summed E-state index contributed by atoms with van der Waals surface area (Å²) in [6, 6.07) is -0.0833. The van der Waals surface area contributed by atoms with Gasteiger partial charge in [-0.05, 0) is 37.4 Å². The van der Waals surface area contributed by atoms with Crippen LogP contribution in [-0.2, 0) is 4.79 Å². The van der Waals surface area contributed by atoms with E-state index in [9.17, 15) is 4.79 Å². The SMILES string of the molecule is CSC1CCC(NC(=O)[C@@H](N)C(C)(C)C)CC1. The normalized spacial score (nSPS) is 27.6. The van der Waals surface area contributed by atoms with Crippen LogP contribution in [0.1, 0.15) is 46.5 Å². The van der Waals surface area contributed by atoms with E-state index in [4.69, 9.17) is 5.73 Å². The first-order valence-electron chi connectivity index (χ1n) is 6.43. The summed E-state index contributed by atoms with van der Waals surface area (Å²) in [5.74, 6) is 0.00472. The number of hydrogen-bond donors (Lipinski definition) is 2. The fourth-order valence-corrected chi connectivity index (χ4v) is 2.87. The molecule has 0 bridgehead atoms. The van der Waals surface area contributed by atoms with Gasteiger partial charge < -0.3 is 11.1 Å². The minimum Gasteiger partial charge on any atom is -0.352 e. The number of carbonyl (C=O) groups is 1.